The fraction of sp³-hybridized carbons (Fsp3) is 0.562. The fourth-order valence-corrected chi connectivity index (χ4v) is 3.18. The summed E-state index contributed by atoms with van der Waals surface area (Å²) in [6.45, 7) is -0.867. The Hall–Kier alpha value is -1.44. The Bertz CT molecular complexity index is 566. The number of nitrogens with zero attached hydrogens (tertiary/aromatic N) is 2. The van der Waals surface area contributed by atoms with Crippen LogP contribution in [0.1, 0.15) is 18.4 Å². The van der Waals surface area contributed by atoms with Gasteiger partial charge in [-0.25, -0.2) is 0 Å². The van der Waals surface area contributed by atoms with Gasteiger partial charge in [0.1, 0.15) is 5.75 Å². The van der Waals surface area contributed by atoms with Gasteiger partial charge in [0.05, 0.1) is 6.54 Å². The van der Waals surface area contributed by atoms with Crippen molar-refractivity contribution >= 4 is 17.6 Å². The third-order valence-corrected chi connectivity index (χ3v) is 4.43. The number of aliphatic carboxylic acids is 1. The molecule has 8 heteroatoms. The number of hydrogen-bond donors (Lipinski definition) is 1. The van der Waals surface area contributed by atoms with Gasteiger partial charge in [-0.05, 0) is 51.2 Å². The smallest absolute Gasteiger partial charge is 0.387 e. The molecule has 0 saturated carbocycles. The van der Waals surface area contributed by atoms with Crippen molar-refractivity contribution in [3.05, 3.63) is 28.8 Å². The average Bonchev–Trinajstić information content (AvgIpc) is 2.49. The number of carboxylic acids is 1. The van der Waals surface area contributed by atoms with E-state index in [9.17, 15) is 13.6 Å². The van der Waals surface area contributed by atoms with E-state index in [4.69, 9.17) is 16.7 Å². The van der Waals surface area contributed by atoms with Gasteiger partial charge < -0.3 is 9.84 Å². The molecule has 0 aliphatic carbocycles. The molecule has 0 radical (unpaired) electrons. The highest BCUT2D eigenvalue weighted by Crippen LogP contribution is 2.27. The lowest BCUT2D eigenvalue weighted by Crippen LogP contribution is -2.44. The molecule has 0 atom stereocenters. The third kappa shape index (κ3) is 5.58. The van der Waals surface area contributed by atoms with Crippen LogP contribution in [-0.2, 0) is 11.3 Å². The summed E-state index contributed by atoms with van der Waals surface area (Å²) in [6.07, 6.45) is 1.66. The normalized spacial score (nSPS) is 16.8. The van der Waals surface area contributed by atoms with Crippen molar-refractivity contribution in [1.82, 2.24) is 9.80 Å². The maximum atomic E-state index is 12.5. The minimum absolute atomic E-state index is 0.0192. The van der Waals surface area contributed by atoms with Crippen LogP contribution in [0.5, 0.6) is 5.75 Å². The number of rotatable bonds is 7. The number of carboxylic acid groups (broad SMARTS) is 1. The van der Waals surface area contributed by atoms with Crippen LogP contribution < -0.4 is 4.74 Å². The summed E-state index contributed by atoms with van der Waals surface area (Å²) >= 11 is 5.96. The molecular formula is C16H21ClF2N2O3. The van der Waals surface area contributed by atoms with Gasteiger partial charge in [-0.2, -0.15) is 8.78 Å². The monoisotopic (exact) mass is 362 g/mol. The number of hydrogen-bond acceptors (Lipinski definition) is 4. The molecule has 0 unspecified atom stereocenters. The van der Waals surface area contributed by atoms with Gasteiger partial charge in [0.15, 0.2) is 0 Å². The Labute approximate surface area is 144 Å². The van der Waals surface area contributed by atoms with Crippen molar-refractivity contribution in [1.29, 1.82) is 0 Å². The zero-order valence-corrected chi connectivity index (χ0v) is 14.2. The van der Waals surface area contributed by atoms with Gasteiger partial charge in [-0.3, -0.25) is 14.6 Å². The topological polar surface area (TPSA) is 53.0 Å². The Morgan fingerprint density at radius 3 is 2.71 bits per heavy atom. The first-order chi connectivity index (χ1) is 11.3. The van der Waals surface area contributed by atoms with Crippen LogP contribution in [0.3, 0.4) is 0 Å². The first-order valence-electron chi connectivity index (χ1n) is 7.72. The van der Waals surface area contributed by atoms with Crippen molar-refractivity contribution in [3.8, 4) is 5.75 Å². The number of likely N-dealkylation sites (tertiary alicyclic amines) is 1. The summed E-state index contributed by atoms with van der Waals surface area (Å²) in [5, 5.41) is 9.32. The zero-order chi connectivity index (χ0) is 17.7. The molecule has 1 heterocycles. The molecule has 0 amide bonds. The van der Waals surface area contributed by atoms with E-state index in [2.05, 4.69) is 9.64 Å². The van der Waals surface area contributed by atoms with E-state index >= 15 is 0 Å². The van der Waals surface area contributed by atoms with E-state index in [0.29, 0.717) is 17.1 Å². The average molecular weight is 363 g/mol. The van der Waals surface area contributed by atoms with E-state index < -0.39 is 12.6 Å². The number of alkyl halides is 2. The SMILES string of the molecule is CN(CC(=O)O)C1CCN(Cc2cc(Cl)ccc2OC(F)F)CC1. The van der Waals surface area contributed by atoms with Crippen LogP contribution in [0.2, 0.25) is 5.02 Å². The summed E-state index contributed by atoms with van der Waals surface area (Å²) in [7, 11) is 1.81. The van der Waals surface area contributed by atoms with Gasteiger partial charge in [0.25, 0.3) is 0 Å². The van der Waals surface area contributed by atoms with Gasteiger partial charge in [-0.15, -0.1) is 0 Å². The summed E-state index contributed by atoms with van der Waals surface area (Å²) in [4.78, 5) is 14.7. The maximum Gasteiger partial charge on any atom is 0.387 e. The molecule has 0 bridgehead atoms. The second-order valence-electron chi connectivity index (χ2n) is 5.95. The van der Waals surface area contributed by atoms with Crippen LogP contribution in [0.15, 0.2) is 18.2 Å². The zero-order valence-electron chi connectivity index (χ0n) is 13.4. The summed E-state index contributed by atoms with van der Waals surface area (Å²) in [5.41, 5.74) is 0.625. The summed E-state index contributed by atoms with van der Waals surface area (Å²) in [5.74, 6) is -0.702. The molecule has 0 spiro atoms. The van der Waals surface area contributed by atoms with Gasteiger partial charge >= 0.3 is 12.6 Å². The molecule has 1 aromatic carbocycles. The van der Waals surface area contributed by atoms with Crippen LogP contribution in [0.4, 0.5) is 8.78 Å². The minimum atomic E-state index is -2.87. The van der Waals surface area contributed by atoms with E-state index in [1.165, 1.54) is 12.1 Å². The molecule has 1 fully saturated rings. The van der Waals surface area contributed by atoms with E-state index in [0.717, 1.165) is 25.9 Å². The lowest BCUT2D eigenvalue weighted by Gasteiger charge is -2.36. The number of piperidine rings is 1. The lowest BCUT2D eigenvalue weighted by atomic mass is 10.0. The number of carbonyl (C=O) groups is 1. The number of benzene rings is 1. The predicted molar refractivity (Wildman–Crippen MR) is 86.6 cm³/mol. The third-order valence-electron chi connectivity index (χ3n) is 4.20. The Kier molecular flexibility index (Phi) is 6.77. The fourth-order valence-electron chi connectivity index (χ4n) is 2.98. The highest BCUT2D eigenvalue weighted by Gasteiger charge is 2.24. The Morgan fingerprint density at radius 2 is 2.12 bits per heavy atom. The highest BCUT2D eigenvalue weighted by molar-refractivity contribution is 6.30. The van der Waals surface area contributed by atoms with E-state index in [1.54, 1.807) is 13.1 Å². The molecule has 1 aromatic rings. The molecule has 24 heavy (non-hydrogen) atoms. The largest absolute Gasteiger partial charge is 0.480 e. The molecule has 134 valence electrons. The Balaban J connectivity index is 1.94. The second kappa shape index (κ2) is 8.60. The van der Waals surface area contributed by atoms with Crippen molar-refractivity contribution < 1.29 is 23.4 Å². The second-order valence-corrected chi connectivity index (χ2v) is 6.38. The number of ether oxygens (including phenoxy) is 1. The molecule has 1 aliphatic rings. The molecule has 2 rings (SSSR count). The molecule has 5 nitrogen and oxygen atoms in total. The molecule has 1 N–H and O–H groups in total. The number of halogens is 3. The Morgan fingerprint density at radius 1 is 1.46 bits per heavy atom. The summed E-state index contributed by atoms with van der Waals surface area (Å²) in [6, 6.07) is 4.84. The molecule has 1 saturated heterocycles. The molecule has 1 aliphatic heterocycles. The van der Waals surface area contributed by atoms with Crippen molar-refractivity contribution in [2.24, 2.45) is 0 Å². The molecular weight excluding hydrogens is 342 g/mol. The minimum Gasteiger partial charge on any atom is -0.480 e. The van der Waals surface area contributed by atoms with E-state index in [-0.39, 0.29) is 18.3 Å². The quantitative estimate of drug-likeness (QED) is 0.808. The van der Waals surface area contributed by atoms with Crippen molar-refractivity contribution in [2.75, 3.05) is 26.7 Å². The van der Waals surface area contributed by atoms with Gasteiger partial charge in [-0.1, -0.05) is 11.6 Å². The van der Waals surface area contributed by atoms with E-state index in [1.807, 2.05) is 4.90 Å². The summed E-state index contributed by atoms with van der Waals surface area (Å²) < 4.78 is 29.6. The van der Waals surface area contributed by atoms with Crippen LogP contribution in [-0.4, -0.2) is 60.2 Å². The van der Waals surface area contributed by atoms with Crippen LogP contribution >= 0.6 is 11.6 Å². The van der Waals surface area contributed by atoms with Gasteiger partial charge in [0, 0.05) is 23.2 Å². The lowest BCUT2D eigenvalue weighted by molar-refractivity contribution is -0.138. The standard InChI is InChI=1S/C16H21ClF2N2O3/c1-20(10-15(22)23)13-4-6-21(7-5-13)9-11-8-12(17)2-3-14(11)24-16(18)19/h2-3,8,13,16H,4-7,9-10H2,1H3,(H,22,23). The van der Waals surface area contributed by atoms with Gasteiger partial charge in [0.2, 0.25) is 0 Å². The number of likely N-dealkylation sites (N-methyl/N-ethyl adjacent to an activating group) is 1. The first-order valence-corrected chi connectivity index (χ1v) is 8.10. The molecule has 0 aromatic heterocycles. The van der Waals surface area contributed by atoms with Crippen LogP contribution in [0.25, 0.3) is 0 Å². The van der Waals surface area contributed by atoms with Crippen LogP contribution in [0, 0.1) is 0 Å². The van der Waals surface area contributed by atoms with Crippen molar-refractivity contribution in [3.63, 3.8) is 0 Å². The maximum absolute atomic E-state index is 12.5. The first kappa shape index (κ1) is 18.9. The highest BCUT2D eigenvalue weighted by atomic mass is 35.5. The van der Waals surface area contributed by atoms with Crippen molar-refractivity contribution in [2.45, 2.75) is 32.0 Å². The predicted octanol–water partition coefficient (Wildman–Crippen LogP) is 2.92.